The maximum absolute atomic E-state index is 13.4. The van der Waals surface area contributed by atoms with Crippen LogP contribution in [0.2, 0.25) is 0 Å². The summed E-state index contributed by atoms with van der Waals surface area (Å²) in [6.07, 6.45) is 0. The number of benzene rings is 2. The zero-order valence-electron chi connectivity index (χ0n) is 19.4. The number of anilines is 2. The number of nitrogen functional groups attached to an aromatic ring is 1. The molecule has 8 nitrogen and oxygen atoms in total. The molecular formula is C26H26FN7O. The summed E-state index contributed by atoms with van der Waals surface area (Å²) in [4.78, 5) is 30.1. The lowest BCUT2D eigenvalue weighted by molar-refractivity contribution is 0.194. The first-order chi connectivity index (χ1) is 17.0. The average Bonchev–Trinajstić information content (AvgIpc) is 2.88. The number of nitrogens with one attached hydrogen (secondary N) is 1. The van der Waals surface area contributed by atoms with Gasteiger partial charge in [-0.1, -0.05) is 29.8 Å². The van der Waals surface area contributed by atoms with Gasteiger partial charge < -0.3 is 20.9 Å². The Labute approximate surface area is 202 Å². The molecular weight excluding hydrogens is 445 g/mol. The van der Waals surface area contributed by atoms with Gasteiger partial charge in [0, 0.05) is 38.3 Å². The van der Waals surface area contributed by atoms with Crippen molar-refractivity contribution < 1.29 is 9.18 Å². The molecule has 2 aromatic carbocycles. The number of aromatic nitrogens is 3. The van der Waals surface area contributed by atoms with Crippen molar-refractivity contribution in [3.63, 3.8) is 0 Å². The first kappa shape index (κ1) is 22.5. The van der Waals surface area contributed by atoms with E-state index in [0.29, 0.717) is 55.3 Å². The second-order valence-electron chi connectivity index (χ2n) is 8.59. The minimum Gasteiger partial charge on any atom is -0.368 e. The fourth-order valence-electron chi connectivity index (χ4n) is 4.14. The van der Waals surface area contributed by atoms with Crippen molar-refractivity contribution in [2.24, 2.45) is 0 Å². The number of urea groups is 1. The molecule has 0 atom stereocenters. The molecule has 9 heteroatoms. The lowest BCUT2D eigenvalue weighted by Crippen LogP contribution is -2.52. The van der Waals surface area contributed by atoms with Crippen LogP contribution in [0.5, 0.6) is 0 Å². The molecule has 3 N–H and O–H groups in total. The Kier molecular flexibility index (Phi) is 6.13. The first-order valence-electron chi connectivity index (χ1n) is 11.5. The van der Waals surface area contributed by atoms with E-state index in [9.17, 15) is 9.18 Å². The van der Waals surface area contributed by atoms with Crippen molar-refractivity contribution in [2.45, 2.75) is 13.5 Å². The molecule has 35 heavy (non-hydrogen) atoms. The van der Waals surface area contributed by atoms with Gasteiger partial charge in [0.25, 0.3) is 0 Å². The second kappa shape index (κ2) is 9.54. The Morgan fingerprint density at radius 2 is 1.66 bits per heavy atom. The van der Waals surface area contributed by atoms with Crippen molar-refractivity contribution in [3.05, 3.63) is 77.6 Å². The van der Waals surface area contributed by atoms with E-state index in [2.05, 4.69) is 20.2 Å². The third-order valence-electron chi connectivity index (χ3n) is 6.11. The molecule has 5 rings (SSSR count). The van der Waals surface area contributed by atoms with Crippen LogP contribution in [0.4, 0.5) is 21.0 Å². The summed E-state index contributed by atoms with van der Waals surface area (Å²) in [5, 5.41) is 2.99. The molecule has 0 unspecified atom stereocenters. The third kappa shape index (κ3) is 4.98. The number of hydrogen-bond donors (Lipinski definition) is 2. The molecule has 1 saturated heterocycles. The van der Waals surface area contributed by atoms with Crippen LogP contribution in [0.15, 0.2) is 60.7 Å². The van der Waals surface area contributed by atoms with Gasteiger partial charge in [-0.2, -0.15) is 4.98 Å². The fourth-order valence-corrected chi connectivity index (χ4v) is 4.14. The molecule has 0 bridgehead atoms. The number of halogens is 1. The van der Waals surface area contributed by atoms with Crippen molar-refractivity contribution in [1.82, 2.24) is 25.2 Å². The number of carbonyl (C=O) groups is 1. The van der Waals surface area contributed by atoms with Crippen LogP contribution in [-0.2, 0) is 6.54 Å². The Hall–Kier alpha value is -4.27. The second-order valence-corrected chi connectivity index (χ2v) is 8.59. The Bertz CT molecular complexity index is 1350. The number of amides is 2. The fraction of sp³-hybridized carbons (Fsp3) is 0.231. The topological polar surface area (TPSA) is 100 Å². The quantitative estimate of drug-likeness (QED) is 0.470. The zero-order valence-corrected chi connectivity index (χ0v) is 19.4. The molecule has 4 aromatic rings. The largest absolute Gasteiger partial charge is 0.368 e. The highest BCUT2D eigenvalue weighted by molar-refractivity contribution is 5.88. The Balaban J connectivity index is 1.30. The molecule has 0 radical (unpaired) electrons. The number of aryl methyl sites for hydroxylation is 1. The number of nitrogens with zero attached hydrogens (tertiary/aromatic N) is 5. The predicted molar refractivity (Wildman–Crippen MR) is 134 cm³/mol. The van der Waals surface area contributed by atoms with Gasteiger partial charge in [0.1, 0.15) is 11.3 Å². The van der Waals surface area contributed by atoms with E-state index in [0.717, 1.165) is 11.1 Å². The number of piperazine rings is 1. The van der Waals surface area contributed by atoms with Crippen LogP contribution in [0.3, 0.4) is 0 Å². The molecule has 2 aromatic heterocycles. The number of carbonyl (C=O) groups excluding carboxylic acids is 1. The minimum atomic E-state index is -0.299. The number of fused-ring (bicyclic) bond motifs is 1. The van der Waals surface area contributed by atoms with Crippen molar-refractivity contribution in [1.29, 1.82) is 0 Å². The molecule has 0 saturated carbocycles. The summed E-state index contributed by atoms with van der Waals surface area (Å²) < 4.78 is 13.4. The molecule has 0 aliphatic carbocycles. The van der Waals surface area contributed by atoms with Crippen LogP contribution in [0.1, 0.15) is 11.1 Å². The molecule has 0 spiro atoms. The summed E-state index contributed by atoms with van der Waals surface area (Å²) in [6.45, 7) is 4.79. The Morgan fingerprint density at radius 3 is 2.37 bits per heavy atom. The van der Waals surface area contributed by atoms with Crippen LogP contribution >= 0.6 is 0 Å². The van der Waals surface area contributed by atoms with Crippen molar-refractivity contribution in [2.75, 3.05) is 36.8 Å². The maximum atomic E-state index is 13.4. The number of pyridine rings is 1. The lowest BCUT2D eigenvalue weighted by atomic mass is 10.1. The van der Waals surface area contributed by atoms with E-state index in [1.165, 1.54) is 17.7 Å². The van der Waals surface area contributed by atoms with Crippen molar-refractivity contribution in [3.8, 4) is 11.3 Å². The van der Waals surface area contributed by atoms with Gasteiger partial charge in [0.15, 0.2) is 5.82 Å². The van der Waals surface area contributed by atoms with Gasteiger partial charge in [-0.05, 0) is 48.9 Å². The standard InChI is InChI=1S/C26H26FN7O/c1-17-2-4-18(5-3-17)16-29-26(35)34-14-12-33(13-15-34)24-23-22(31-25(28)32-24)11-10-21(30-23)19-6-8-20(27)9-7-19/h2-11H,12-16H2,1H3,(H,29,35)(H2,28,31,32). The molecule has 1 aliphatic rings. The van der Waals surface area contributed by atoms with Crippen LogP contribution < -0.4 is 16.0 Å². The summed E-state index contributed by atoms with van der Waals surface area (Å²) in [6, 6.07) is 17.9. The smallest absolute Gasteiger partial charge is 0.317 e. The van der Waals surface area contributed by atoms with Gasteiger partial charge in [-0.25, -0.2) is 19.2 Å². The van der Waals surface area contributed by atoms with Crippen molar-refractivity contribution >= 4 is 28.8 Å². The summed E-state index contributed by atoms with van der Waals surface area (Å²) in [5.41, 5.74) is 11.0. The number of hydrogen-bond acceptors (Lipinski definition) is 6. The van der Waals surface area contributed by atoms with E-state index in [-0.39, 0.29) is 17.8 Å². The zero-order chi connectivity index (χ0) is 24.4. The molecule has 1 fully saturated rings. The first-order valence-corrected chi connectivity index (χ1v) is 11.5. The SMILES string of the molecule is Cc1ccc(CNC(=O)N2CCN(c3nc(N)nc4ccc(-c5ccc(F)cc5)nc34)CC2)cc1. The third-order valence-corrected chi connectivity index (χ3v) is 6.11. The Morgan fingerprint density at radius 1 is 0.943 bits per heavy atom. The van der Waals surface area contributed by atoms with E-state index in [4.69, 9.17) is 10.7 Å². The average molecular weight is 472 g/mol. The number of rotatable bonds is 4. The monoisotopic (exact) mass is 471 g/mol. The van der Waals surface area contributed by atoms with E-state index < -0.39 is 0 Å². The van der Waals surface area contributed by atoms with E-state index >= 15 is 0 Å². The van der Waals surface area contributed by atoms with Gasteiger partial charge >= 0.3 is 6.03 Å². The predicted octanol–water partition coefficient (Wildman–Crippen LogP) is 3.75. The van der Waals surface area contributed by atoms with Crippen LogP contribution in [0.25, 0.3) is 22.3 Å². The van der Waals surface area contributed by atoms with E-state index in [1.54, 1.807) is 17.0 Å². The lowest BCUT2D eigenvalue weighted by Gasteiger charge is -2.35. The van der Waals surface area contributed by atoms with Gasteiger partial charge in [0.05, 0.1) is 11.2 Å². The van der Waals surface area contributed by atoms with Crippen LogP contribution in [-0.4, -0.2) is 52.1 Å². The molecule has 3 heterocycles. The minimum absolute atomic E-state index is 0.0889. The van der Waals surface area contributed by atoms with E-state index in [1.807, 2.05) is 43.3 Å². The number of nitrogens with two attached hydrogens (primary N) is 1. The summed E-state index contributed by atoms with van der Waals surface area (Å²) in [5.74, 6) is 0.505. The molecule has 2 amide bonds. The molecule has 1 aliphatic heterocycles. The van der Waals surface area contributed by atoms with Crippen LogP contribution in [0, 0.1) is 12.7 Å². The van der Waals surface area contributed by atoms with Gasteiger partial charge in [-0.15, -0.1) is 0 Å². The highest BCUT2D eigenvalue weighted by atomic mass is 19.1. The summed E-state index contributed by atoms with van der Waals surface area (Å²) in [7, 11) is 0. The summed E-state index contributed by atoms with van der Waals surface area (Å²) >= 11 is 0. The van der Waals surface area contributed by atoms with Gasteiger partial charge in [-0.3, -0.25) is 0 Å². The molecule has 178 valence electrons. The maximum Gasteiger partial charge on any atom is 0.317 e. The van der Waals surface area contributed by atoms with Gasteiger partial charge in [0.2, 0.25) is 5.95 Å². The highest BCUT2D eigenvalue weighted by Gasteiger charge is 2.24. The normalized spacial score (nSPS) is 13.8. The highest BCUT2D eigenvalue weighted by Crippen LogP contribution is 2.27.